The molecule has 8 nitrogen and oxygen atoms in total. The molecule has 1 atom stereocenters. The number of hydrogen-bond donors (Lipinski definition) is 1. The number of nitrogen functional groups attached to an aromatic ring is 1. The molecule has 3 aromatic rings. The lowest BCUT2D eigenvalue weighted by atomic mass is 10.1. The van der Waals surface area contributed by atoms with Gasteiger partial charge < -0.3 is 15.4 Å². The predicted molar refractivity (Wildman–Crippen MR) is 117 cm³/mol. The Hall–Kier alpha value is -3.46. The highest BCUT2D eigenvalue weighted by Crippen LogP contribution is 2.35. The van der Waals surface area contributed by atoms with Crippen LogP contribution in [-0.4, -0.2) is 63.5 Å². The zero-order valence-electron chi connectivity index (χ0n) is 17.3. The van der Waals surface area contributed by atoms with Gasteiger partial charge in [0.15, 0.2) is 0 Å². The Labute approximate surface area is 179 Å². The van der Waals surface area contributed by atoms with Gasteiger partial charge in [0.25, 0.3) is 5.95 Å². The fourth-order valence-electron chi connectivity index (χ4n) is 4.15. The summed E-state index contributed by atoms with van der Waals surface area (Å²) < 4.78 is 21.2. The molecule has 4 heterocycles. The quantitative estimate of drug-likeness (QED) is 0.692. The third-order valence-electron chi connectivity index (χ3n) is 5.79. The van der Waals surface area contributed by atoms with Gasteiger partial charge in [-0.1, -0.05) is 12.2 Å². The van der Waals surface area contributed by atoms with Gasteiger partial charge in [-0.3, -0.25) is 4.90 Å². The maximum Gasteiger partial charge on any atom is 0.252 e. The fraction of sp³-hybridized carbons (Fsp3) is 0.318. The topological polar surface area (TPSA) is 85.3 Å². The molecule has 0 aliphatic carbocycles. The molecule has 0 saturated carbocycles. The molecule has 0 radical (unpaired) electrons. The van der Waals surface area contributed by atoms with E-state index in [-0.39, 0.29) is 11.9 Å². The van der Waals surface area contributed by atoms with Crippen molar-refractivity contribution in [2.24, 2.45) is 0 Å². The van der Waals surface area contributed by atoms with Crippen molar-refractivity contribution in [3.63, 3.8) is 0 Å². The number of aromatic nitrogens is 4. The molecule has 1 saturated heterocycles. The summed E-state index contributed by atoms with van der Waals surface area (Å²) in [4.78, 5) is 13.1. The second-order valence-electron chi connectivity index (χ2n) is 7.81. The van der Waals surface area contributed by atoms with Crippen LogP contribution in [0.1, 0.15) is 11.3 Å². The Morgan fingerprint density at radius 1 is 1.29 bits per heavy atom. The summed E-state index contributed by atoms with van der Waals surface area (Å²) in [5.41, 5.74) is 8.57. The van der Waals surface area contributed by atoms with E-state index in [1.165, 1.54) is 6.07 Å². The van der Waals surface area contributed by atoms with Gasteiger partial charge in [-0.25, -0.2) is 14.1 Å². The van der Waals surface area contributed by atoms with Gasteiger partial charge in [-0.05, 0) is 25.1 Å². The summed E-state index contributed by atoms with van der Waals surface area (Å²) in [5.74, 6) is 1.41. The Morgan fingerprint density at radius 2 is 2.19 bits per heavy atom. The minimum atomic E-state index is -0.229. The van der Waals surface area contributed by atoms with E-state index in [0.717, 1.165) is 48.9 Å². The summed E-state index contributed by atoms with van der Waals surface area (Å²) in [5, 5.41) is 4.39. The number of nitrogens with two attached hydrogens (primary N) is 1. The van der Waals surface area contributed by atoms with Gasteiger partial charge in [-0.15, -0.1) is 0 Å². The highest BCUT2D eigenvalue weighted by Gasteiger charge is 2.32. The van der Waals surface area contributed by atoms with Crippen molar-refractivity contribution in [3.05, 3.63) is 59.8 Å². The van der Waals surface area contributed by atoms with E-state index < -0.39 is 0 Å². The third kappa shape index (κ3) is 3.84. The number of anilines is 2. The van der Waals surface area contributed by atoms with E-state index in [0.29, 0.717) is 18.4 Å². The first-order valence-electron chi connectivity index (χ1n) is 10.3. The van der Waals surface area contributed by atoms with E-state index in [9.17, 15) is 4.39 Å². The van der Waals surface area contributed by atoms with E-state index in [4.69, 9.17) is 10.5 Å². The monoisotopic (exact) mass is 421 g/mol. The average Bonchev–Trinajstić information content (AvgIpc) is 3.14. The van der Waals surface area contributed by atoms with Crippen molar-refractivity contribution in [2.75, 3.05) is 43.4 Å². The maximum atomic E-state index is 13.7. The number of piperazine rings is 1. The zero-order valence-corrected chi connectivity index (χ0v) is 17.3. The summed E-state index contributed by atoms with van der Waals surface area (Å²) in [6.07, 6.45) is 7.63. The van der Waals surface area contributed by atoms with Gasteiger partial charge in [-0.2, -0.15) is 10.1 Å². The van der Waals surface area contributed by atoms with E-state index in [1.54, 1.807) is 35.3 Å². The van der Waals surface area contributed by atoms with Crippen molar-refractivity contribution in [3.8, 4) is 11.7 Å². The van der Waals surface area contributed by atoms with Gasteiger partial charge in [0.1, 0.15) is 24.0 Å². The second-order valence-corrected chi connectivity index (χ2v) is 7.81. The molecule has 2 N–H and O–H groups in total. The lowest BCUT2D eigenvalue weighted by Crippen LogP contribution is -2.57. The average molecular weight is 421 g/mol. The zero-order chi connectivity index (χ0) is 21.4. The lowest BCUT2D eigenvalue weighted by Gasteiger charge is -2.45. The van der Waals surface area contributed by atoms with Gasteiger partial charge >= 0.3 is 0 Å². The molecule has 160 valence electrons. The number of nitrogens with zero attached hydrogens (tertiary/aromatic N) is 6. The Bertz CT molecular complexity index is 1130. The molecule has 5 rings (SSSR count). The summed E-state index contributed by atoms with van der Waals surface area (Å²) >= 11 is 0. The summed E-state index contributed by atoms with van der Waals surface area (Å²) in [6.45, 7) is 6.04. The number of fused-ring (bicyclic) bond motifs is 3. The molecular weight excluding hydrogens is 397 g/mol. The Balaban J connectivity index is 1.23. The molecule has 2 aromatic heterocycles. The molecule has 0 bridgehead atoms. The van der Waals surface area contributed by atoms with Gasteiger partial charge in [0.05, 0.1) is 23.6 Å². The number of benzene rings is 1. The fourth-order valence-corrected chi connectivity index (χ4v) is 4.15. The first-order chi connectivity index (χ1) is 15.1. The second kappa shape index (κ2) is 7.99. The molecule has 31 heavy (non-hydrogen) atoms. The van der Waals surface area contributed by atoms with Crippen LogP contribution < -0.4 is 15.4 Å². The molecule has 2 aliphatic rings. The largest absolute Gasteiger partial charge is 0.489 e. The number of hydrogen-bond acceptors (Lipinski definition) is 7. The minimum Gasteiger partial charge on any atom is -0.489 e. The first-order valence-corrected chi connectivity index (χ1v) is 10.3. The number of rotatable bonds is 4. The van der Waals surface area contributed by atoms with Gasteiger partial charge in [0, 0.05) is 44.0 Å². The SMILES string of the molecule is Cc1c(/C=C/CN2CCN3c4cc(F)ccc4OCC3C2)cnn1-c1nccc(N)n1. The Morgan fingerprint density at radius 3 is 3.06 bits per heavy atom. The van der Waals surface area contributed by atoms with E-state index in [1.807, 2.05) is 6.92 Å². The van der Waals surface area contributed by atoms with Crippen LogP contribution in [-0.2, 0) is 0 Å². The normalized spacial score (nSPS) is 18.6. The molecule has 0 amide bonds. The van der Waals surface area contributed by atoms with E-state index >= 15 is 0 Å². The van der Waals surface area contributed by atoms with Crippen LogP contribution in [0.4, 0.5) is 15.9 Å². The smallest absolute Gasteiger partial charge is 0.252 e. The van der Waals surface area contributed by atoms with Gasteiger partial charge in [0.2, 0.25) is 0 Å². The van der Waals surface area contributed by atoms with Crippen LogP contribution in [0, 0.1) is 12.7 Å². The number of ether oxygens (including phenoxy) is 1. The van der Waals surface area contributed by atoms with Crippen molar-refractivity contribution in [1.29, 1.82) is 0 Å². The number of halogens is 1. The van der Waals surface area contributed by atoms with Crippen LogP contribution in [0.2, 0.25) is 0 Å². The maximum absolute atomic E-state index is 13.7. The lowest BCUT2D eigenvalue weighted by molar-refractivity contribution is 0.177. The molecule has 1 unspecified atom stereocenters. The van der Waals surface area contributed by atoms with Crippen LogP contribution in [0.3, 0.4) is 0 Å². The van der Waals surface area contributed by atoms with Crippen LogP contribution >= 0.6 is 0 Å². The molecule has 0 spiro atoms. The molecule has 2 aliphatic heterocycles. The van der Waals surface area contributed by atoms with E-state index in [2.05, 4.69) is 37.0 Å². The van der Waals surface area contributed by atoms with Crippen LogP contribution in [0.25, 0.3) is 12.0 Å². The third-order valence-corrected chi connectivity index (χ3v) is 5.79. The van der Waals surface area contributed by atoms with Crippen molar-refractivity contribution < 1.29 is 9.13 Å². The predicted octanol–water partition coefficient (Wildman–Crippen LogP) is 2.29. The highest BCUT2D eigenvalue weighted by atomic mass is 19.1. The summed E-state index contributed by atoms with van der Waals surface area (Å²) in [6, 6.07) is 6.61. The Kier molecular flexibility index (Phi) is 5.03. The minimum absolute atomic E-state index is 0.224. The molecule has 9 heteroatoms. The van der Waals surface area contributed by atoms with Crippen molar-refractivity contribution >= 4 is 17.6 Å². The summed E-state index contributed by atoms with van der Waals surface area (Å²) in [7, 11) is 0. The molecule has 1 fully saturated rings. The van der Waals surface area contributed by atoms with Crippen LogP contribution in [0.15, 0.2) is 42.7 Å². The molecular formula is C22H24FN7O. The van der Waals surface area contributed by atoms with Crippen molar-refractivity contribution in [1.82, 2.24) is 24.6 Å². The molecule has 1 aromatic carbocycles. The van der Waals surface area contributed by atoms with Crippen LogP contribution in [0.5, 0.6) is 5.75 Å². The standard InChI is InChI=1S/C22H24FN7O/c1-15-16(12-26-30(15)22-25-7-6-21(24)27-22)3-2-8-28-9-10-29-18(13-28)14-31-20-5-4-17(23)11-19(20)29/h2-7,11-12,18H,8-10,13-14H2,1H3,(H2,24,25,27)/b3-2+. The highest BCUT2D eigenvalue weighted by molar-refractivity contribution is 5.61. The van der Waals surface area contributed by atoms with Crippen molar-refractivity contribution in [2.45, 2.75) is 13.0 Å². The first kappa shape index (κ1) is 19.5.